The van der Waals surface area contributed by atoms with Gasteiger partial charge in [0.25, 0.3) is 0 Å². The van der Waals surface area contributed by atoms with Crippen LogP contribution in [0.25, 0.3) is 21.9 Å². The second-order valence-electron chi connectivity index (χ2n) is 5.02. The number of benzene rings is 1. The van der Waals surface area contributed by atoms with Gasteiger partial charge in [0, 0.05) is 35.2 Å². The summed E-state index contributed by atoms with van der Waals surface area (Å²) in [5.74, 6) is 0. The van der Waals surface area contributed by atoms with Gasteiger partial charge in [-0.15, -0.1) is 0 Å². The van der Waals surface area contributed by atoms with Crippen molar-refractivity contribution in [1.29, 1.82) is 0 Å². The first-order chi connectivity index (χ1) is 9.15. The van der Waals surface area contributed by atoms with E-state index in [0.717, 1.165) is 5.69 Å². The number of hydrogen-bond donors (Lipinski definition) is 0. The van der Waals surface area contributed by atoms with Crippen LogP contribution >= 0.6 is 0 Å². The van der Waals surface area contributed by atoms with Crippen LogP contribution in [-0.4, -0.2) is 9.97 Å². The third-order valence-corrected chi connectivity index (χ3v) is 3.64. The fourth-order valence-corrected chi connectivity index (χ4v) is 2.34. The normalized spacial score (nSPS) is 10.9. The van der Waals surface area contributed by atoms with Crippen LogP contribution in [-0.2, 0) is 0 Å². The lowest BCUT2D eigenvalue weighted by molar-refractivity contribution is 1.21. The summed E-state index contributed by atoms with van der Waals surface area (Å²) in [6, 6.07) is 8.61. The van der Waals surface area contributed by atoms with E-state index in [-0.39, 0.29) is 0 Å². The predicted octanol–water partition coefficient (Wildman–Crippen LogP) is 4.22. The number of rotatable bonds is 1. The highest BCUT2D eigenvalue weighted by molar-refractivity contribution is 5.87. The lowest BCUT2D eigenvalue weighted by Crippen LogP contribution is -1.90. The number of nitrogens with zero attached hydrogens (tertiary/aromatic N) is 2. The zero-order valence-electron chi connectivity index (χ0n) is 11.4. The van der Waals surface area contributed by atoms with Gasteiger partial charge in [-0.05, 0) is 55.0 Å². The Kier molecular flexibility index (Phi) is 2.79. The first kappa shape index (κ1) is 11.8. The molecule has 0 aliphatic rings. The van der Waals surface area contributed by atoms with Crippen LogP contribution in [0.15, 0.2) is 42.9 Å². The van der Waals surface area contributed by atoms with E-state index in [0.29, 0.717) is 0 Å². The minimum atomic E-state index is 1.05. The van der Waals surface area contributed by atoms with Crippen molar-refractivity contribution in [2.45, 2.75) is 20.8 Å². The molecular weight excluding hydrogens is 232 g/mol. The van der Waals surface area contributed by atoms with Crippen LogP contribution in [0, 0.1) is 20.8 Å². The Labute approximate surface area is 113 Å². The maximum Gasteiger partial charge on any atom is 0.0379 e. The van der Waals surface area contributed by atoms with Crippen LogP contribution in [0.2, 0.25) is 0 Å². The molecule has 3 rings (SSSR count). The SMILES string of the molecule is Cc1cc2ccc(-c3cncc(C)c3C)cc2cn1. The molecule has 0 aliphatic carbocycles. The monoisotopic (exact) mass is 248 g/mol. The summed E-state index contributed by atoms with van der Waals surface area (Å²) in [5, 5.41) is 2.40. The van der Waals surface area contributed by atoms with Crippen molar-refractivity contribution in [3.05, 3.63) is 59.7 Å². The molecular formula is C17H16N2. The van der Waals surface area contributed by atoms with Gasteiger partial charge in [-0.1, -0.05) is 12.1 Å². The van der Waals surface area contributed by atoms with Crippen molar-refractivity contribution in [3.8, 4) is 11.1 Å². The average molecular weight is 248 g/mol. The van der Waals surface area contributed by atoms with Crippen molar-refractivity contribution in [2.75, 3.05) is 0 Å². The Bertz CT molecular complexity index is 760. The second kappa shape index (κ2) is 4.47. The fourth-order valence-electron chi connectivity index (χ4n) is 2.34. The third-order valence-electron chi connectivity index (χ3n) is 3.64. The fraction of sp³-hybridized carbons (Fsp3) is 0.176. The van der Waals surface area contributed by atoms with Gasteiger partial charge in [0.15, 0.2) is 0 Å². The van der Waals surface area contributed by atoms with Gasteiger partial charge in [0.2, 0.25) is 0 Å². The maximum atomic E-state index is 4.37. The van der Waals surface area contributed by atoms with Gasteiger partial charge < -0.3 is 0 Å². The molecule has 1 aromatic carbocycles. The van der Waals surface area contributed by atoms with Crippen LogP contribution in [0.4, 0.5) is 0 Å². The van der Waals surface area contributed by atoms with Gasteiger partial charge in [-0.2, -0.15) is 0 Å². The molecule has 0 amide bonds. The molecule has 94 valence electrons. The molecule has 0 bridgehead atoms. The molecule has 2 heterocycles. The van der Waals surface area contributed by atoms with Crippen molar-refractivity contribution in [3.63, 3.8) is 0 Å². The van der Waals surface area contributed by atoms with Gasteiger partial charge in [-0.3, -0.25) is 9.97 Å². The Hall–Kier alpha value is -2.22. The van der Waals surface area contributed by atoms with E-state index in [1.807, 2.05) is 25.5 Å². The highest BCUT2D eigenvalue weighted by Gasteiger charge is 2.05. The molecule has 0 spiro atoms. The predicted molar refractivity (Wildman–Crippen MR) is 79.2 cm³/mol. The van der Waals surface area contributed by atoms with Crippen LogP contribution in [0.1, 0.15) is 16.8 Å². The van der Waals surface area contributed by atoms with E-state index < -0.39 is 0 Å². The highest BCUT2D eigenvalue weighted by Crippen LogP contribution is 2.27. The first-order valence-corrected chi connectivity index (χ1v) is 6.43. The zero-order valence-corrected chi connectivity index (χ0v) is 11.4. The summed E-state index contributed by atoms with van der Waals surface area (Å²) < 4.78 is 0. The Balaban J connectivity index is 2.20. The van der Waals surface area contributed by atoms with E-state index in [1.54, 1.807) is 0 Å². The summed E-state index contributed by atoms with van der Waals surface area (Å²) in [5.41, 5.74) is 5.96. The van der Waals surface area contributed by atoms with Crippen LogP contribution in [0.3, 0.4) is 0 Å². The number of hydrogen-bond acceptors (Lipinski definition) is 2. The van der Waals surface area contributed by atoms with Gasteiger partial charge in [0.1, 0.15) is 0 Å². The van der Waals surface area contributed by atoms with Crippen LogP contribution in [0.5, 0.6) is 0 Å². The Morgan fingerprint density at radius 3 is 2.53 bits per heavy atom. The summed E-state index contributed by atoms with van der Waals surface area (Å²) in [6.07, 6.45) is 5.78. The molecule has 2 heteroatoms. The van der Waals surface area contributed by atoms with Crippen molar-refractivity contribution in [1.82, 2.24) is 9.97 Å². The largest absolute Gasteiger partial charge is 0.264 e. The minimum Gasteiger partial charge on any atom is -0.264 e. The molecule has 0 saturated carbocycles. The first-order valence-electron chi connectivity index (χ1n) is 6.43. The molecule has 19 heavy (non-hydrogen) atoms. The minimum absolute atomic E-state index is 1.05. The lowest BCUT2D eigenvalue weighted by atomic mass is 9.98. The number of aryl methyl sites for hydroxylation is 2. The van der Waals surface area contributed by atoms with Crippen LogP contribution < -0.4 is 0 Å². The molecule has 2 nitrogen and oxygen atoms in total. The topological polar surface area (TPSA) is 25.8 Å². The summed E-state index contributed by atoms with van der Waals surface area (Å²) in [4.78, 5) is 8.67. The van der Waals surface area contributed by atoms with E-state index in [9.17, 15) is 0 Å². The quantitative estimate of drug-likeness (QED) is 0.644. The smallest absolute Gasteiger partial charge is 0.0379 e. The molecule has 0 aliphatic heterocycles. The summed E-state index contributed by atoms with van der Waals surface area (Å²) in [7, 11) is 0. The van der Waals surface area contributed by atoms with E-state index in [2.05, 4.69) is 48.1 Å². The number of aromatic nitrogens is 2. The number of fused-ring (bicyclic) bond motifs is 1. The lowest BCUT2D eigenvalue weighted by Gasteiger charge is -2.09. The van der Waals surface area contributed by atoms with Crippen molar-refractivity contribution in [2.24, 2.45) is 0 Å². The maximum absolute atomic E-state index is 4.37. The molecule has 0 unspecified atom stereocenters. The van der Waals surface area contributed by atoms with Gasteiger partial charge in [0.05, 0.1) is 0 Å². The summed E-state index contributed by atoms with van der Waals surface area (Å²) in [6.45, 7) is 6.25. The van der Waals surface area contributed by atoms with Crippen molar-refractivity contribution >= 4 is 10.8 Å². The molecule has 0 atom stereocenters. The molecule has 0 N–H and O–H groups in total. The van der Waals surface area contributed by atoms with Crippen molar-refractivity contribution < 1.29 is 0 Å². The second-order valence-corrected chi connectivity index (χ2v) is 5.02. The molecule has 0 radical (unpaired) electrons. The van der Waals surface area contributed by atoms with E-state index >= 15 is 0 Å². The molecule has 0 fully saturated rings. The average Bonchev–Trinajstić information content (AvgIpc) is 2.41. The Morgan fingerprint density at radius 2 is 1.68 bits per heavy atom. The zero-order chi connectivity index (χ0) is 13.4. The Morgan fingerprint density at radius 1 is 0.842 bits per heavy atom. The molecule has 2 aromatic heterocycles. The standard InChI is InChI=1S/C17H16N2/c1-11-8-18-10-17(13(11)3)15-5-4-14-6-12(2)19-9-16(14)7-15/h4-10H,1-3H3. The molecule has 0 saturated heterocycles. The molecule has 3 aromatic rings. The highest BCUT2D eigenvalue weighted by atomic mass is 14.7. The summed E-state index contributed by atoms with van der Waals surface area (Å²) >= 11 is 0. The van der Waals surface area contributed by atoms with E-state index in [1.165, 1.54) is 33.0 Å². The number of pyridine rings is 2. The van der Waals surface area contributed by atoms with Gasteiger partial charge >= 0.3 is 0 Å². The third kappa shape index (κ3) is 2.10. The van der Waals surface area contributed by atoms with E-state index in [4.69, 9.17) is 0 Å². The van der Waals surface area contributed by atoms with Gasteiger partial charge in [-0.25, -0.2) is 0 Å².